The highest BCUT2D eigenvalue weighted by Gasteiger charge is 2.08. The van der Waals surface area contributed by atoms with Gasteiger partial charge in [-0.25, -0.2) is 9.97 Å². The Bertz CT molecular complexity index is 731. The average Bonchev–Trinajstić information content (AvgIpc) is 3.13. The number of rotatable bonds is 6. The minimum absolute atomic E-state index is 0.784. The maximum absolute atomic E-state index is 4.62. The Balaban J connectivity index is 1.87. The first-order chi connectivity index (χ1) is 10.3. The molecule has 0 saturated carbocycles. The molecule has 0 bridgehead atoms. The van der Waals surface area contributed by atoms with Gasteiger partial charge in [0.1, 0.15) is 5.82 Å². The number of anilines is 2. The van der Waals surface area contributed by atoms with Crippen LogP contribution in [0.3, 0.4) is 0 Å². The first-order valence-electron chi connectivity index (χ1n) is 7.18. The van der Waals surface area contributed by atoms with Gasteiger partial charge in [0.2, 0.25) is 0 Å². The highest BCUT2D eigenvalue weighted by Crippen LogP contribution is 2.21. The maximum Gasteiger partial charge on any atom is 0.180 e. The average molecular weight is 301 g/mol. The van der Waals surface area contributed by atoms with Gasteiger partial charge in [0.15, 0.2) is 11.5 Å². The zero-order valence-corrected chi connectivity index (χ0v) is 13.1. The van der Waals surface area contributed by atoms with Crippen LogP contribution in [0.2, 0.25) is 0 Å². The van der Waals surface area contributed by atoms with E-state index in [4.69, 9.17) is 0 Å². The van der Waals surface area contributed by atoms with E-state index in [1.54, 1.807) is 17.5 Å². The van der Waals surface area contributed by atoms with Gasteiger partial charge < -0.3 is 15.0 Å². The maximum atomic E-state index is 4.62. The fourth-order valence-electron chi connectivity index (χ4n) is 2.32. The summed E-state index contributed by atoms with van der Waals surface area (Å²) in [6.07, 6.45) is 6.75. The molecule has 0 atom stereocenters. The fourth-order valence-corrected chi connectivity index (χ4v) is 3.23. The van der Waals surface area contributed by atoms with Gasteiger partial charge >= 0.3 is 0 Å². The first-order valence-corrected chi connectivity index (χ1v) is 8.06. The number of imidazole rings is 1. The molecule has 0 aliphatic rings. The molecule has 0 saturated heterocycles. The van der Waals surface area contributed by atoms with Crippen molar-refractivity contribution in [3.8, 4) is 0 Å². The van der Waals surface area contributed by atoms with Crippen LogP contribution < -0.4 is 10.6 Å². The Morgan fingerprint density at radius 2 is 2.19 bits per heavy atom. The van der Waals surface area contributed by atoms with E-state index in [9.17, 15) is 0 Å². The predicted octanol–water partition coefficient (Wildman–Crippen LogP) is 3.40. The van der Waals surface area contributed by atoms with Gasteiger partial charge in [-0.2, -0.15) is 0 Å². The Kier molecular flexibility index (Phi) is 4.06. The second-order valence-corrected chi connectivity index (χ2v) is 5.74. The summed E-state index contributed by atoms with van der Waals surface area (Å²) in [6, 6.07) is 2.19. The molecular weight excluding hydrogens is 282 g/mol. The summed E-state index contributed by atoms with van der Waals surface area (Å²) in [7, 11) is 0. The van der Waals surface area contributed by atoms with E-state index in [0.29, 0.717) is 0 Å². The second kappa shape index (κ2) is 6.13. The number of fused-ring (bicyclic) bond motifs is 1. The van der Waals surface area contributed by atoms with E-state index >= 15 is 0 Å². The zero-order valence-electron chi connectivity index (χ0n) is 12.3. The van der Waals surface area contributed by atoms with Crippen LogP contribution in [-0.2, 0) is 13.0 Å². The third-order valence-electron chi connectivity index (χ3n) is 3.37. The number of hydrogen-bond donors (Lipinski definition) is 2. The first kappa shape index (κ1) is 13.9. The summed E-state index contributed by atoms with van der Waals surface area (Å²) in [5.74, 6) is 1.67. The van der Waals surface area contributed by atoms with Gasteiger partial charge in [-0.3, -0.25) is 0 Å². The lowest BCUT2D eigenvalue weighted by Gasteiger charge is -2.10. The van der Waals surface area contributed by atoms with Gasteiger partial charge in [0.25, 0.3) is 0 Å². The summed E-state index contributed by atoms with van der Waals surface area (Å²) in [5.41, 5.74) is 2.25. The van der Waals surface area contributed by atoms with Crippen LogP contribution in [0.4, 0.5) is 11.6 Å². The molecule has 0 aliphatic heterocycles. The lowest BCUT2D eigenvalue weighted by Crippen LogP contribution is -2.07. The summed E-state index contributed by atoms with van der Waals surface area (Å²) < 4.78 is 1.99. The van der Waals surface area contributed by atoms with E-state index in [1.165, 1.54) is 10.4 Å². The molecule has 0 unspecified atom stereocenters. The van der Waals surface area contributed by atoms with Gasteiger partial charge in [-0.1, -0.05) is 6.92 Å². The molecule has 0 aromatic carbocycles. The van der Waals surface area contributed by atoms with E-state index < -0.39 is 0 Å². The van der Waals surface area contributed by atoms with Crippen molar-refractivity contribution in [3.05, 3.63) is 40.5 Å². The van der Waals surface area contributed by atoms with Gasteiger partial charge in [-0.05, 0) is 30.4 Å². The summed E-state index contributed by atoms with van der Waals surface area (Å²) in [6.45, 7) is 5.87. The third-order valence-corrected chi connectivity index (χ3v) is 4.33. The van der Waals surface area contributed by atoms with E-state index in [-0.39, 0.29) is 0 Å². The Morgan fingerprint density at radius 1 is 1.29 bits per heavy atom. The summed E-state index contributed by atoms with van der Waals surface area (Å²) >= 11 is 1.78. The molecule has 3 rings (SSSR count). The number of aryl methyl sites for hydroxylation is 1. The normalized spacial score (nSPS) is 11.0. The molecule has 0 fully saturated rings. The third kappa shape index (κ3) is 2.85. The van der Waals surface area contributed by atoms with Crippen LogP contribution in [0.5, 0.6) is 0 Å². The predicted molar refractivity (Wildman–Crippen MR) is 88.2 cm³/mol. The van der Waals surface area contributed by atoms with Crippen molar-refractivity contribution in [2.75, 3.05) is 17.2 Å². The van der Waals surface area contributed by atoms with E-state index in [2.05, 4.69) is 45.9 Å². The van der Waals surface area contributed by atoms with Crippen molar-refractivity contribution in [1.29, 1.82) is 0 Å². The Morgan fingerprint density at radius 3 is 3.00 bits per heavy atom. The molecule has 0 radical (unpaired) electrons. The van der Waals surface area contributed by atoms with Crippen molar-refractivity contribution in [3.63, 3.8) is 0 Å². The van der Waals surface area contributed by atoms with Gasteiger partial charge in [0.05, 0.1) is 12.7 Å². The zero-order chi connectivity index (χ0) is 14.7. The smallest absolute Gasteiger partial charge is 0.180 e. The summed E-state index contributed by atoms with van der Waals surface area (Å²) in [5, 5.41) is 8.82. The summed E-state index contributed by atoms with van der Waals surface area (Å²) in [4.78, 5) is 10.4. The molecular formula is C15H19N5S. The number of thiophene rings is 1. The topological polar surface area (TPSA) is 54.2 Å². The molecule has 6 heteroatoms. The van der Waals surface area contributed by atoms with Crippen molar-refractivity contribution in [1.82, 2.24) is 14.4 Å². The molecule has 5 nitrogen and oxygen atoms in total. The number of nitrogens with one attached hydrogen (secondary N) is 2. The molecule has 2 N–H and O–H groups in total. The monoisotopic (exact) mass is 301 g/mol. The van der Waals surface area contributed by atoms with E-state index in [0.717, 1.165) is 36.8 Å². The molecule has 3 heterocycles. The molecule has 0 spiro atoms. The van der Waals surface area contributed by atoms with Crippen LogP contribution in [0.25, 0.3) is 5.65 Å². The molecule has 110 valence electrons. The van der Waals surface area contributed by atoms with E-state index in [1.807, 2.05) is 16.8 Å². The van der Waals surface area contributed by atoms with Crippen LogP contribution in [0, 0.1) is 0 Å². The Labute approximate surface area is 128 Å². The lowest BCUT2D eigenvalue weighted by atomic mass is 10.2. The fraction of sp³-hybridized carbons (Fsp3) is 0.333. The molecule has 21 heavy (non-hydrogen) atoms. The van der Waals surface area contributed by atoms with Crippen LogP contribution in [-0.4, -0.2) is 20.9 Å². The number of nitrogens with zero attached hydrogens (tertiary/aromatic N) is 3. The molecule has 0 amide bonds. The van der Waals surface area contributed by atoms with Crippen LogP contribution in [0.1, 0.15) is 24.3 Å². The van der Waals surface area contributed by atoms with Crippen molar-refractivity contribution in [2.24, 2.45) is 0 Å². The Hall–Kier alpha value is -2.08. The molecule has 0 aliphatic carbocycles. The minimum Gasteiger partial charge on any atom is -0.369 e. The number of hydrogen-bond acceptors (Lipinski definition) is 5. The molecule has 3 aromatic heterocycles. The minimum atomic E-state index is 0.784. The lowest BCUT2D eigenvalue weighted by molar-refractivity contribution is 1.04. The van der Waals surface area contributed by atoms with Gasteiger partial charge in [0, 0.05) is 23.8 Å². The highest BCUT2D eigenvalue weighted by molar-refractivity contribution is 7.10. The quantitative estimate of drug-likeness (QED) is 0.732. The number of aromatic nitrogens is 3. The van der Waals surface area contributed by atoms with Crippen molar-refractivity contribution >= 4 is 28.6 Å². The van der Waals surface area contributed by atoms with Crippen molar-refractivity contribution in [2.45, 2.75) is 26.8 Å². The SMILES string of the molecule is CCNc1cn2ccnc2c(NCc2sccc2CC)n1. The molecule has 3 aromatic rings. The van der Waals surface area contributed by atoms with Crippen LogP contribution >= 0.6 is 11.3 Å². The second-order valence-electron chi connectivity index (χ2n) is 4.74. The largest absolute Gasteiger partial charge is 0.369 e. The standard InChI is InChI=1S/C15H19N5S/c1-3-11-5-8-21-12(11)9-18-14-15-17-6-7-20(15)10-13(19-14)16-4-2/h5-8,10,16H,3-4,9H2,1-2H3,(H,18,19). The van der Waals surface area contributed by atoms with Gasteiger partial charge in [-0.15, -0.1) is 11.3 Å². The highest BCUT2D eigenvalue weighted by atomic mass is 32.1. The van der Waals surface area contributed by atoms with Crippen LogP contribution in [0.15, 0.2) is 30.0 Å². The van der Waals surface area contributed by atoms with Crippen molar-refractivity contribution < 1.29 is 0 Å².